The first-order valence-corrected chi connectivity index (χ1v) is 6.62. The van der Waals surface area contributed by atoms with Crippen LogP contribution < -0.4 is 5.32 Å². The minimum absolute atomic E-state index is 0.00250. The average Bonchev–Trinajstić information content (AvgIpc) is 2.27. The van der Waals surface area contributed by atoms with Crippen LogP contribution in [0.2, 0.25) is 0 Å². The molecule has 1 aromatic carbocycles. The van der Waals surface area contributed by atoms with Gasteiger partial charge >= 0.3 is 0 Å². The number of aliphatic hydroxyl groups excluding tert-OH is 1. The molecule has 1 aromatic rings. The third-order valence-electron chi connectivity index (χ3n) is 2.33. The van der Waals surface area contributed by atoms with Crippen molar-refractivity contribution in [1.82, 2.24) is 5.32 Å². The minimum atomic E-state index is -0.344. The first-order valence-electron chi connectivity index (χ1n) is 5.63. The Hall–Kier alpha value is -1.00. The highest BCUT2D eigenvalue weighted by Gasteiger charge is 2.19. The molecule has 1 amide bonds. The Labute approximate surface area is 107 Å². The van der Waals surface area contributed by atoms with Crippen molar-refractivity contribution in [3.05, 3.63) is 30.3 Å². The van der Waals surface area contributed by atoms with Crippen molar-refractivity contribution in [1.29, 1.82) is 0 Å². The Morgan fingerprint density at radius 2 is 2.00 bits per heavy atom. The molecule has 0 unspecified atom stereocenters. The molecule has 0 bridgehead atoms. The monoisotopic (exact) mass is 253 g/mol. The lowest BCUT2D eigenvalue weighted by molar-refractivity contribution is -0.120. The molecule has 0 fully saturated rings. The number of carbonyl (C=O) groups is 1. The van der Waals surface area contributed by atoms with Gasteiger partial charge < -0.3 is 10.4 Å². The minimum Gasteiger partial charge on any atom is -0.396 e. The zero-order chi connectivity index (χ0) is 12.7. The number of hydrogen-bond acceptors (Lipinski definition) is 3. The van der Waals surface area contributed by atoms with Gasteiger partial charge in [0.05, 0.1) is 5.75 Å². The first kappa shape index (κ1) is 14.1. The topological polar surface area (TPSA) is 49.3 Å². The van der Waals surface area contributed by atoms with E-state index >= 15 is 0 Å². The smallest absolute Gasteiger partial charge is 0.230 e. The number of rotatable bonds is 6. The number of nitrogens with one attached hydrogen (secondary N) is 1. The fourth-order valence-corrected chi connectivity index (χ4v) is 2.14. The molecule has 0 saturated heterocycles. The number of carbonyl (C=O) groups excluding carboxylic acids is 1. The van der Waals surface area contributed by atoms with Crippen LogP contribution in [0.15, 0.2) is 35.2 Å². The number of benzene rings is 1. The lowest BCUT2D eigenvalue weighted by atomic mass is 10.0. The van der Waals surface area contributed by atoms with Gasteiger partial charge in [0, 0.05) is 17.0 Å². The predicted octanol–water partition coefficient (Wildman–Crippen LogP) is 2.06. The highest BCUT2D eigenvalue weighted by Crippen LogP contribution is 2.17. The molecule has 4 heteroatoms. The number of hydrogen-bond donors (Lipinski definition) is 2. The summed E-state index contributed by atoms with van der Waals surface area (Å²) in [7, 11) is 0. The summed E-state index contributed by atoms with van der Waals surface area (Å²) < 4.78 is 0. The highest BCUT2D eigenvalue weighted by atomic mass is 32.2. The summed E-state index contributed by atoms with van der Waals surface area (Å²) in [4.78, 5) is 12.8. The van der Waals surface area contributed by atoms with Crippen molar-refractivity contribution in [2.45, 2.75) is 30.7 Å². The van der Waals surface area contributed by atoms with Crippen LogP contribution in [0, 0.1) is 0 Å². The van der Waals surface area contributed by atoms with Crippen LogP contribution in [0.25, 0.3) is 0 Å². The second-order valence-corrected chi connectivity index (χ2v) is 5.56. The maximum atomic E-state index is 11.7. The van der Waals surface area contributed by atoms with Gasteiger partial charge in [0.1, 0.15) is 0 Å². The Morgan fingerprint density at radius 3 is 2.59 bits per heavy atom. The third kappa shape index (κ3) is 5.75. The molecule has 3 nitrogen and oxygen atoms in total. The van der Waals surface area contributed by atoms with Gasteiger partial charge in [-0.15, -0.1) is 11.8 Å². The van der Waals surface area contributed by atoms with Gasteiger partial charge in [-0.3, -0.25) is 4.79 Å². The lowest BCUT2D eigenvalue weighted by Crippen LogP contribution is -2.44. The maximum absolute atomic E-state index is 11.7. The summed E-state index contributed by atoms with van der Waals surface area (Å²) in [5.74, 6) is 0.399. The van der Waals surface area contributed by atoms with E-state index in [-0.39, 0.29) is 18.1 Å². The molecule has 0 saturated carbocycles. The van der Waals surface area contributed by atoms with E-state index in [1.54, 1.807) is 0 Å². The molecule has 0 aliphatic rings. The quantitative estimate of drug-likeness (QED) is 0.763. The van der Waals surface area contributed by atoms with Crippen molar-refractivity contribution < 1.29 is 9.90 Å². The third-order valence-corrected chi connectivity index (χ3v) is 3.34. The standard InChI is InChI=1S/C13H19NO2S/c1-13(2,8-9-15)14-12(16)10-17-11-6-4-3-5-7-11/h3-7,15H,8-10H2,1-2H3,(H,14,16). The van der Waals surface area contributed by atoms with Crippen LogP contribution in [0.1, 0.15) is 20.3 Å². The average molecular weight is 253 g/mol. The molecule has 0 atom stereocenters. The molecular weight excluding hydrogens is 234 g/mol. The Balaban J connectivity index is 2.35. The molecule has 94 valence electrons. The predicted molar refractivity (Wildman–Crippen MR) is 71.1 cm³/mol. The van der Waals surface area contributed by atoms with Gasteiger partial charge in [-0.05, 0) is 32.4 Å². The van der Waals surface area contributed by atoms with Gasteiger partial charge in [-0.1, -0.05) is 18.2 Å². The van der Waals surface area contributed by atoms with Gasteiger partial charge in [0.25, 0.3) is 0 Å². The normalized spacial score (nSPS) is 11.2. The number of amides is 1. The summed E-state index contributed by atoms with van der Waals surface area (Å²) in [6.07, 6.45) is 0.564. The zero-order valence-corrected chi connectivity index (χ0v) is 11.1. The van der Waals surface area contributed by atoms with E-state index in [4.69, 9.17) is 5.11 Å². The summed E-state index contributed by atoms with van der Waals surface area (Å²) in [5, 5.41) is 11.8. The van der Waals surface area contributed by atoms with Gasteiger partial charge in [-0.25, -0.2) is 0 Å². The lowest BCUT2D eigenvalue weighted by Gasteiger charge is -2.25. The Kier molecular flexibility index (Phi) is 5.51. The molecule has 2 N–H and O–H groups in total. The second-order valence-electron chi connectivity index (χ2n) is 4.51. The highest BCUT2D eigenvalue weighted by molar-refractivity contribution is 8.00. The second kappa shape index (κ2) is 6.67. The van der Waals surface area contributed by atoms with Crippen LogP contribution in [-0.4, -0.2) is 28.9 Å². The van der Waals surface area contributed by atoms with Crippen molar-refractivity contribution >= 4 is 17.7 Å². The van der Waals surface area contributed by atoms with E-state index in [0.717, 1.165) is 4.90 Å². The van der Waals surface area contributed by atoms with Crippen LogP contribution >= 0.6 is 11.8 Å². The molecule has 0 aliphatic heterocycles. The SMILES string of the molecule is CC(C)(CCO)NC(=O)CSc1ccccc1. The maximum Gasteiger partial charge on any atom is 0.230 e. The van der Waals surface area contributed by atoms with Crippen molar-refractivity contribution in [2.24, 2.45) is 0 Å². The fourth-order valence-electron chi connectivity index (χ4n) is 1.42. The molecule has 0 heterocycles. The molecule has 0 aliphatic carbocycles. The number of thioether (sulfide) groups is 1. The van der Waals surface area contributed by atoms with Crippen LogP contribution in [0.5, 0.6) is 0 Å². The zero-order valence-electron chi connectivity index (χ0n) is 10.3. The van der Waals surface area contributed by atoms with Crippen LogP contribution in [-0.2, 0) is 4.79 Å². The van der Waals surface area contributed by atoms with Gasteiger partial charge in [0.2, 0.25) is 5.91 Å². The molecule has 0 radical (unpaired) electrons. The van der Waals surface area contributed by atoms with E-state index in [1.807, 2.05) is 44.2 Å². The van der Waals surface area contributed by atoms with Crippen LogP contribution in [0.4, 0.5) is 0 Å². The van der Waals surface area contributed by atoms with Crippen molar-refractivity contribution in [2.75, 3.05) is 12.4 Å². The Bertz CT molecular complexity index is 352. The van der Waals surface area contributed by atoms with Crippen molar-refractivity contribution in [3.8, 4) is 0 Å². The van der Waals surface area contributed by atoms with E-state index in [1.165, 1.54) is 11.8 Å². The molecule has 0 spiro atoms. The fraction of sp³-hybridized carbons (Fsp3) is 0.462. The van der Waals surface area contributed by atoms with Gasteiger partial charge in [-0.2, -0.15) is 0 Å². The Morgan fingerprint density at radius 1 is 1.35 bits per heavy atom. The van der Waals surface area contributed by atoms with E-state index in [2.05, 4.69) is 5.32 Å². The van der Waals surface area contributed by atoms with Crippen molar-refractivity contribution in [3.63, 3.8) is 0 Å². The summed E-state index contributed by atoms with van der Waals surface area (Å²) in [6.45, 7) is 3.90. The van der Waals surface area contributed by atoms with E-state index < -0.39 is 0 Å². The summed E-state index contributed by atoms with van der Waals surface area (Å²) in [5.41, 5.74) is -0.344. The van der Waals surface area contributed by atoms with E-state index in [9.17, 15) is 4.79 Å². The van der Waals surface area contributed by atoms with Crippen LogP contribution in [0.3, 0.4) is 0 Å². The molecular formula is C13H19NO2S. The molecule has 0 aromatic heterocycles. The summed E-state index contributed by atoms with van der Waals surface area (Å²) >= 11 is 1.51. The summed E-state index contributed by atoms with van der Waals surface area (Å²) in [6, 6.07) is 9.83. The molecule has 17 heavy (non-hydrogen) atoms. The molecule has 1 rings (SSSR count). The largest absolute Gasteiger partial charge is 0.396 e. The first-order chi connectivity index (χ1) is 8.03. The number of aliphatic hydroxyl groups is 1. The van der Waals surface area contributed by atoms with E-state index in [0.29, 0.717) is 12.2 Å². The van der Waals surface area contributed by atoms with Gasteiger partial charge in [0.15, 0.2) is 0 Å².